The lowest BCUT2D eigenvalue weighted by atomic mass is 9.91. The number of amides is 2. The van der Waals surface area contributed by atoms with Crippen molar-refractivity contribution in [1.82, 2.24) is 10.6 Å². The van der Waals surface area contributed by atoms with E-state index in [2.05, 4.69) is 17.2 Å². The van der Waals surface area contributed by atoms with E-state index >= 15 is 0 Å². The Morgan fingerprint density at radius 1 is 1.04 bits per heavy atom. The molecule has 0 spiro atoms. The van der Waals surface area contributed by atoms with Gasteiger partial charge in [0.1, 0.15) is 6.61 Å². The van der Waals surface area contributed by atoms with E-state index in [1.54, 1.807) is 6.92 Å². The van der Waals surface area contributed by atoms with Crippen LogP contribution in [0.25, 0.3) is 0 Å². The van der Waals surface area contributed by atoms with Crippen LogP contribution in [0.3, 0.4) is 0 Å². The van der Waals surface area contributed by atoms with Crippen molar-refractivity contribution in [3.63, 3.8) is 0 Å². The summed E-state index contributed by atoms with van der Waals surface area (Å²) in [6, 6.07) is 9.69. The quantitative estimate of drug-likeness (QED) is 0.809. The molecule has 0 bridgehead atoms. The number of hydrogen-bond acceptors (Lipinski definition) is 4. The van der Waals surface area contributed by atoms with Crippen LogP contribution in [0.1, 0.15) is 38.2 Å². The molecule has 2 amide bonds. The van der Waals surface area contributed by atoms with Crippen LogP contribution in [-0.4, -0.2) is 24.3 Å². The molecule has 1 aromatic carbocycles. The number of benzene rings is 1. The van der Waals surface area contributed by atoms with Gasteiger partial charge in [0.15, 0.2) is 0 Å². The highest BCUT2D eigenvalue weighted by molar-refractivity contribution is 5.69. The summed E-state index contributed by atoms with van der Waals surface area (Å²) in [6.45, 7) is 5.41. The maximum atomic E-state index is 11.8. The minimum absolute atomic E-state index is 0.0650. The molecular weight excluding hydrogens is 308 g/mol. The summed E-state index contributed by atoms with van der Waals surface area (Å²) in [4.78, 5) is 23.3. The second-order valence-corrected chi connectivity index (χ2v) is 5.99. The van der Waals surface area contributed by atoms with Gasteiger partial charge in [0, 0.05) is 12.1 Å². The Labute approximate surface area is 142 Å². The van der Waals surface area contributed by atoms with E-state index in [0.717, 1.165) is 31.2 Å². The molecule has 0 unspecified atom stereocenters. The van der Waals surface area contributed by atoms with Crippen LogP contribution in [-0.2, 0) is 16.1 Å². The van der Waals surface area contributed by atoms with Crippen LogP contribution < -0.4 is 10.6 Å². The molecule has 0 atom stereocenters. The van der Waals surface area contributed by atoms with Crippen molar-refractivity contribution in [3.05, 3.63) is 48.2 Å². The third kappa shape index (κ3) is 6.32. The average molecular weight is 332 g/mol. The van der Waals surface area contributed by atoms with E-state index in [1.165, 1.54) is 0 Å². The maximum absolute atomic E-state index is 11.8. The molecule has 1 saturated carbocycles. The molecule has 6 nitrogen and oxygen atoms in total. The lowest BCUT2D eigenvalue weighted by molar-refractivity contribution is 0.131. The van der Waals surface area contributed by atoms with Gasteiger partial charge in [-0.25, -0.2) is 9.59 Å². The minimum atomic E-state index is -0.471. The van der Waals surface area contributed by atoms with Gasteiger partial charge in [0.2, 0.25) is 0 Å². The molecule has 0 heterocycles. The number of ether oxygens (including phenoxy) is 2. The van der Waals surface area contributed by atoms with E-state index in [0.29, 0.717) is 5.76 Å². The number of carbonyl (C=O) groups is 2. The number of nitrogens with one attached hydrogen (secondary N) is 2. The van der Waals surface area contributed by atoms with Crippen molar-refractivity contribution in [1.29, 1.82) is 0 Å². The van der Waals surface area contributed by atoms with Gasteiger partial charge in [0.25, 0.3) is 0 Å². The molecule has 130 valence electrons. The zero-order valence-corrected chi connectivity index (χ0v) is 13.9. The van der Waals surface area contributed by atoms with Gasteiger partial charge in [-0.1, -0.05) is 36.9 Å². The molecule has 1 aliphatic rings. The summed E-state index contributed by atoms with van der Waals surface area (Å²) in [6.07, 6.45) is 2.28. The molecule has 1 aliphatic carbocycles. The van der Waals surface area contributed by atoms with Crippen molar-refractivity contribution < 1.29 is 19.1 Å². The van der Waals surface area contributed by atoms with Gasteiger partial charge >= 0.3 is 12.2 Å². The van der Waals surface area contributed by atoms with Gasteiger partial charge in [0.05, 0.1) is 5.76 Å². The second kappa shape index (κ2) is 8.96. The molecule has 1 aromatic rings. The molecule has 2 N–H and O–H groups in total. The first-order valence-corrected chi connectivity index (χ1v) is 8.14. The molecule has 0 radical (unpaired) electrons. The van der Waals surface area contributed by atoms with E-state index in [9.17, 15) is 9.59 Å². The highest BCUT2D eigenvalue weighted by Gasteiger charge is 2.24. The fourth-order valence-corrected chi connectivity index (χ4v) is 2.67. The van der Waals surface area contributed by atoms with E-state index in [-0.39, 0.29) is 18.7 Å². The second-order valence-electron chi connectivity index (χ2n) is 5.99. The van der Waals surface area contributed by atoms with Crippen molar-refractivity contribution >= 4 is 12.2 Å². The highest BCUT2D eigenvalue weighted by atomic mass is 16.6. The molecule has 24 heavy (non-hydrogen) atoms. The van der Waals surface area contributed by atoms with Crippen molar-refractivity contribution in [2.24, 2.45) is 0 Å². The Hall–Kier alpha value is -2.50. The number of allylic oxidation sites excluding steroid dienone is 1. The zero-order valence-electron chi connectivity index (χ0n) is 13.9. The average Bonchev–Trinajstić information content (AvgIpc) is 2.55. The number of carbonyl (C=O) groups excluding carboxylic acids is 2. The first-order chi connectivity index (χ1) is 11.5. The maximum Gasteiger partial charge on any atom is 0.412 e. The van der Waals surface area contributed by atoms with Gasteiger partial charge in [-0.05, 0) is 38.2 Å². The first kappa shape index (κ1) is 17.8. The SMILES string of the molecule is C=C(C)OC(=O)NC1CCC(NC(=O)OCc2ccccc2)CC1. The molecular formula is C18H24N2O4. The molecule has 0 aromatic heterocycles. The smallest absolute Gasteiger partial charge is 0.412 e. The van der Waals surface area contributed by atoms with Gasteiger partial charge in [-0.3, -0.25) is 0 Å². The van der Waals surface area contributed by atoms with Gasteiger partial charge in [-0.15, -0.1) is 0 Å². The Morgan fingerprint density at radius 2 is 1.58 bits per heavy atom. The van der Waals surface area contributed by atoms with Gasteiger partial charge in [-0.2, -0.15) is 0 Å². The van der Waals surface area contributed by atoms with Crippen molar-refractivity contribution in [2.45, 2.75) is 51.3 Å². The van der Waals surface area contributed by atoms with E-state index in [4.69, 9.17) is 9.47 Å². The third-order valence-corrected chi connectivity index (χ3v) is 3.85. The molecule has 6 heteroatoms. The zero-order chi connectivity index (χ0) is 17.4. The van der Waals surface area contributed by atoms with Crippen LogP contribution in [0, 0.1) is 0 Å². The van der Waals surface area contributed by atoms with Crippen LogP contribution in [0.2, 0.25) is 0 Å². The van der Waals surface area contributed by atoms with Crippen LogP contribution >= 0.6 is 0 Å². The standard InChI is InChI=1S/C18H24N2O4/c1-13(2)24-18(22)20-16-10-8-15(9-11-16)19-17(21)23-12-14-6-4-3-5-7-14/h3-7,15-16H,1,8-12H2,2H3,(H,19,21)(H,20,22). The summed E-state index contributed by atoms with van der Waals surface area (Å²) < 4.78 is 10.1. The first-order valence-electron chi connectivity index (χ1n) is 8.14. The van der Waals surface area contributed by atoms with Crippen molar-refractivity contribution in [3.8, 4) is 0 Å². The largest absolute Gasteiger partial charge is 0.445 e. The summed E-state index contributed by atoms with van der Waals surface area (Å²) >= 11 is 0. The lowest BCUT2D eigenvalue weighted by Gasteiger charge is -2.29. The molecule has 0 saturated heterocycles. The number of hydrogen-bond donors (Lipinski definition) is 2. The van der Waals surface area contributed by atoms with Crippen LogP contribution in [0.4, 0.5) is 9.59 Å². The van der Waals surface area contributed by atoms with E-state index < -0.39 is 12.2 Å². The summed E-state index contributed by atoms with van der Waals surface area (Å²) in [5.41, 5.74) is 0.955. The van der Waals surface area contributed by atoms with Crippen LogP contribution in [0.15, 0.2) is 42.7 Å². The van der Waals surface area contributed by atoms with Crippen LogP contribution in [0.5, 0.6) is 0 Å². The monoisotopic (exact) mass is 332 g/mol. The normalized spacial score (nSPS) is 19.9. The summed E-state index contributed by atoms with van der Waals surface area (Å²) in [5.74, 6) is 0.365. The molecule has 0 aliphatic heterocycles. The predicted molar refractivity (Wildman–Crippen MR) is 90.2 cm³/mol. The minimum Gasteiger partial charge on any atom is -0.445 e. The predicted octanol–water partition coefficient (Wildman–Crippen LogP) is 3.48. The Balaban J connectivity index is 1.64. The van der Waals surface area contributed by atoms with E-state index in [1.807, 2.05) is 30.3 Å². The number of rotatable bonds is 5. The Morgan fingerprint density at radius 3 is 2.12 bits per heavy atom. The molecule has 1 fully saturated rings. The molecule has 2 rings (SSSR count). The van der Waals surface area contributed by atoms with Gasteiger partial charge < -0.3 is 20.1 Å². The topological polar surface area (TPSA) is 76.7 Å². The Bertz CT molecular complexity index is 566. The summed E-state index contributed by atoms with van der Waals surface area (Å²) in [7, 11) is 0. The third-order valence-electron chi connectivity index (χ3n) is 3.85. The fraction of sp³-hybridized carbons (Fsp3) is 0.444. The fourth-order valence-electron chi connectivity index (χ4n) is 2.67. The Kier molecular flexibility index (Phi) is 6.66. The number of alkyl carbamates (subject to hydrolysis) is 2. The van der Waals surface area contributed by atoms with Crippen molar-refractivity contribution in [2.75, 3.05) is 0 Å². The lowest BCUT2D eigenvalue weighted by Crippen LogP contribution is -2.44. The summed E-state index contributed by atoms with van der Waals surface area (Å²) in [5, 5.41) is 5.68. The highest BCUT2D eigenvalue weighted by Crippen LogP contribution is 2.19.